The lowest BCUT2D eigenvalue weighted by Crippen LogP contribution is -2.39. The van der Waals surface area contributed by atoms with Gasteiger partial charge in [0.15, 0.2) is 0 Å². The van der Waals surface area contributed by atoms with Crippen LogP contribution in [0.25, 0.3) is 11.0 Å². The molecule has 0 radical (unpaired) electrons. The fourth-order valence-corrected chi connectivity index (χ4v) is 2.82. The van der Waals surface area contributed by atoms with Crippen LogP contribution in [-0.2, 0) is 0 Å². The fraction of sp³-hybridized carbons (Fsp3) is 0.353. The average molecular weight is 282 g/mol. The highest BCUT2D eigenvalue weighted by molar-refractivity contribution is 5.89. The second-order valence-corrected chi connectivity index (χ2v) is 5.37. The lowest BCUT2D eigenvalue weighted by molar-refractivity contribution is 0.243. The highest BCUT2D eigenvalue weighted by Gasteiger charge is 2.19. The van der Waals surface area contributed by atoms with Gasteiger partial charge >= 0.3 is 5.63 Å². The molecule has 0 atom stereocenters. The Bertz CT molecular complexity index is 721. The van der Waals surface area contributed by atoms with Gasteiger partial charge in [0, 0.05) is 30.6 Å². The van der Waals surface area contributed by atoms with E-state index in [1.807, 2.05) is 24.3 Å². The zero-order valence-electron chi connectivity index (χ0n) is 11.8. The van der Waals surface area contributed by atoms with Crippen molar-refractivity contribution in [2.75, 3.05) is 25.0 Å². The van der Waals surface area contributed by atoms with Crippen molar-refractivity contribution in [3.05, 3.63) is 40.8 Å². The van der Waals surface area contributed by atoms with Crippen molar-refractivity contribution in [2.45, 2.75) is 18.9 Å². The van der Waals surface area contributed by atoms with Crippen molar-refractivity contribution in [1.82, 2.24) is 4.90 Å². The molecule has 0 amide bonds. The molecule has 0 unspecified atom stereocenters. The third-order valence-corrected chi connectivity index (χ3v) is 3.91. The van der Waals surface area contributed by atoms with E-state index in [4.69, 9.17) is 10.8 Å². The summed E-state index contributed by atoms with van der Waals surface area (Å²) >= 11 is 0. The Hall–Kier alpha value is -2.25. The molecular weight excluding hydrogens is 264 g/mol. The Kier molecular flexibility index (Phi) is 3.94. The van der Waals surface area contributed by atoms with Crippen LogP contribution in [0, 0.1) is 12.3 Å². The number of likely N-dealkylation sites (tertiary alicyclic amines) is 1. The minimum atomic E-state index is -0.319. The molecule has 4 heteroatoms. The SMILES string of the molecule is C#CCN1CCC(Nc2cc(=O)oc3ccccc23)CC1. The van der Waals surface area contributed by atoms with Gasteiger partial charge in [-0.2, -0.15) is 0 Å². The summed E-state index contributed by atoms with van der Waals surface area (Å²) < 4.78 is 5.21. The molecule has 1 fully saturated rings. The van der Waals surface area contributed by atoms with Crippen LogP contribution in [0.5, 0.6) is 0 Å². The lowest BCUT2D eigenvalue weighted by atomic mass is 10.0. The highest BCUT2D eigenvalue weighted by Crippen LogP contribution is 2.23. The largest absolute Gasteiger partial charge is 0.423 e. The molecule has 108 valence electrons. The van der Waals surface area contributed by atoms with Gasteiger partial charge in [-0.1, -0.05) is 18.1 Å². The van der Waals surface area contributed by atoms with Gasteiger partial charge in [-0.25, -0.2) is 4.79 Å². The van der Waals surface area contributed by atoms with Crippen molar-refractivity contribution in [1.29, 1.82) is 0 Å². The topological polar surface area (TPSA) is 45.5 Å². The first-order chi connectivity index (χ1) is 10.3. The summed E-state index contributed by atoms with van der Waals surface area (Å²) in [5.74, 6) is 2.69. The van der Waals surface area contributed by atoms with Crippen LogP contribution in [-0.4, -0.2) is 30.6 Å². The van der Waals surface area contributed by atoms with E-state index in [1.54, 1.807) is 0 Å². The quantitative estimate of drug-likeness (QED) is 0.693. The maximum Gasteiger partial charge on any atom is 0.338 e. The predicted octanol–water partition coefficient (Wildman–Crippen LogP) is 2.30. The monoisotopic (exact) mass is 282 g/mol. The van der Waals surface area contributed by atoms with Gasteiger partial charge in [-0.05, 0) is 25.0 Å². The number of benzene rings is 1. The first-order valence-electron chi connectivity index (χ1n) is 7.21. The number of anilines is 1. The standard InChI is InChI=1S/C17H18N2O2/c1-2-9-19-10-7-13(8-11-19)18-15-12-17(20)21-16-6-4-3-5-14(15)16/h1,3-6,12-13,18H,7-11H2. The number of nitrogens with zero attached hydrogens (tertiary/aromatic N) is 1. The van der Waals surface area contributed by atoms with Gasteiger partial charge in [0.2, 0.25) is 0 Å². The Morgan fingerprint density at radius 2 is 2.10 bits per heavy atom. The molecular formula is C17H18N2O2. The summed E-state index contributed by atoms with van der Waals surface area (Å²) in [7, 11) is 0. The average Bonchev–Trinajstić information content (AvgIpc) is 2.49. The summed E-state index contributed by atoms with van der Waals surface area (Å²) in [5, 5.41) is 4.44. The van der Waals surface area contributed by atoms with E-state index in [-0.39, 0.29) is 5.63 Å². The second-order valence-electron chi connectivity index (χ2n) is 5.37. The maximum absolute atomic E-state index is 11.6. The third kappa shape index (κ3) is 3.09. The highest BCUT2D eigenvalue weighted by atomic mass is 16.4. The molecule has 3 rings (SSSR count). The Morgan fingerprint density at radius 1 is 1.33 bits per heavy atom. The summed E-state index contributed by atoms with van der Waals surface area (Å²) in [6.45, 7) is 2.69. The molecule has 1 saturated heterocycles. The van der Waals surface area contributed by atoms with Crippen molar-refractivity contribution >= 4 is 16.7 Å². The first-order valence-corrected chi connectivity index (χ1v) is 7.21. The van der Waals surface area contributed by atoms with Crippen molar-refractivity contribution in [2.24, 2.45) is 0 Å². The Morgan fingerprint density at radius 3 is 2.86 bits per heavy atom. The summed E-state index contributed by atoms with van der Waals surface area (Å²) in [4.78, 5) is 13.9. The van der Waals surface area contributed by atoms with Gasteiger partial charge < -0.3 is 9.73 Å². The molecule has 1 aromatic heterocycles. The molecule has 1 aliphatic rings. The predicted molar refractivity (Wildman–Crippen MR) is 84.4 cm³/mol. The van der Waals surface area contributed by atoms with Crippen LogP contribution in [0.1, 0.15) is 12.8 Å². The molecule has 0 bridgehead atoms. The van der Waals surface area contributed by atoms with Crippen LogP contribution in [0.2, 0.25) is 0 Å². The maximum atomic E-state index is 11.6. The number of nitrogens with one attached hydrogen (secondary N) is 1. The van der Waals surface area contributed by atoms with Crippen LogP contribution < -0.4 is 10.9 Å². The molecule has 21 heavy (non-hydrogen) atoms. The lowest BCUT2D eigenvalue weighted by Gasteiger charge is -2.31. The summed E-state index contributed by atoms with van der Waals surface area (Å²) in [5.41, 5.74) is 1.16. The van der Waals surface area contributed by atoms with E-state index in [0.29, 0.717) is 18.2 Å². The van der Waals surface area contributed by atoms with E-state index >= 15 is 0 Å². The molecule has 0 saturated carbocycles. The molecule has 1 aliphatic heterocycles. The minimum Gasteiger partial charge on any atom is -0.423 e. The van der Waals surface area contributed by atoms with Crippen LogP contribution in [0.3, 0.4) is 0 Å². The zero-order valence-corrected chi connectivity index (χ0v) is 11.8. The van der Waals surface area contributed by atoms with E-state index in [1.165, 1.54) is 6.07 Å². The van der Waals surface area contributed by atoms with Gasteiger partial charge in [-0.3, -0.25) is 4.90 Å². The second kappa shape index (κ2) is 6.02. The van der Waals surface area contributed by atoms with Crippen molar-refractivity contribution < 1.29 is 4.42 Å². The molecule has 0 aliphatic carbocycles. The van der Waals surface area contributed by atoms with Gasteiger partial charge in [0.25, 0.3) is 0 Å². The van der Waals surface area contributed by atoms with E-state index in [0.717, 1.165) is 37.0 Å². The van der Waals surface area contributed by atoms with Crippen LogP contribution >= 0.6 is 0 Å². The number of rotatable bonds is 3. The summed E-state index contributed by atoms with van der Waals surface area (Å²) in [6, 6.07) is 9.50. The van der Waals surface area contributed by atoms with Crippen molar-refractivity contribution in [3.63, 3.8) is 0 Å². The fourth-order valence-electron chi connectivity index (χ4n) is 2.82. The molecule has 2 heterocycles. The smallest absolute Gasteiger partial charge is 0.338 e. The number of hydrogen-bond donors (Lipinski definition) is 1. The number of para-hydroxylation sites is 1. The number of terminal acetylenes is 1. The van der Waals surface area contributed by atoms with E-state index in [2.05, 4.69) is 16.1 Å². The van der Waals surface area contributed by atoms with E-state index in [9.17, 15) is 4.79 Å². The molecule has 2 aromatic rings. The van der Waals surface area contributed by atoms with Gasteiger partial charge in [0.05, 0.1) is 12.2 Å². The van der Waals surface area contributed by atoms with Crippen LogP contribution in [0.15, 0.2) is 39.5 Å². The zero-order chi connectivity index (χ0) is 14.7. The van der Waals surface area contributed by atoms with Crippen molar-refractivity contribution in [3.8, 4) is 12.3 Å². The number of fused-ring (bicyclic) bond motifs is 1. The Balaban J connectivity index is 1.77. The van der Waals surface area contributed by atoms with Gasteiger partial charge in [-0.15, -0.1) is 6.42 Å². The third-order valence-electron chi connectivity index (χ3n) is 3.91. The first kappa shape index (κ1) is 13.7. The van der Waals surface area contributed by atoms with E-state index < -0.39 is 0 Å². The Labute approximate surface area is 123 Å². The number of piperidine rings is 1. The van der Waals surface area contributed by atoms with Gasteiger partial charge in [0.1, 0.15) is 5.58 Å². The molecule has 0 spiro atoms. The van der Waals surface area contributed by atoms with Crippen LogP contribution in [0.4, 0.5) is 5.69 Å². The molecule has 4 nitrogen and oxygen atoms in total. The molecule has 1 N–H and O–H groups in total. The normalized spacial score (nSPS) is 16.7. The minimum absolute atomic E-state index is 0.319. The number of hydrogen-bond acceptors (Lipinski definition) is 4. The molecule has 1 aromatic carbocycles. The summed E-state index contributed by atoms with van der Waals surface area (Å²) in [6.07, 6.45) is 7.39.